The number of methoxy groups -OCH3 is 1. The molecule has 10 atom stereocenters. The third-order valence-electron chi connectivity index (χ3n) is 8.37. The molecule has 0 spiro atoms. The second-order valence-electron chi connectivity index (χ2n) is 12.0. The van der Waals surface area contributed by atoms with Gasteiger partial charge in [0.25, 0.3) is 0 Å². The fourth-order valence-electron chi connectivity index (χ4n) is 5.52. The number of hydrogen-bond donors (Lipinski definition) is 8. The van der Waals surface area contributed by atoms with Crippen LogP contribution in [0.4, 0.5) is 0 Å². The zero-order chi connectivity index (χ0) is 35.0. The number of hydrogen-bond acceptors (Lipinski definition) is 15. The molecular weight excluding hydrogens is 636 g/mol. The van der Waals surface area contributed by atoms with E-state index in [4.69, 9.17) is 28.1 Å². The fraction of sp³-hybridized carbons (Fsp3) is 0.485. The van der Waals surface area contributed by atoms with Crippen LogP contribution < -0.4 is 19.6 Å². The molecule has 2 aliphatic rings. The van der Waals surface area contributed by atoms with E-state index >= 15 is 0 Å². The molecule has 262 valence electrons. The monoisotopic (exact) mass is 676 g/mol. The van der Waals surface area contributed by atoms with Crippen LogP contribution >= 0.6 is 0 Å². The lowest BCUT2D eigenvalue weighted by Gasteiger charge is -2.39. The van der Waals surface area contributed by atoms with Crippen molar-refractivity contribution in [1.29, 1.82) is 0 Å². The molecular formula is C33H40O15. The fourth-order valence-corrected chi connectivity index (χ4v) is 5.52. The van der Waals surface area contributed by atoms with Crippen molar-refractivity contribution in [2.24, 2.45) is 0 Å². The Morgan fingerprint density at radius 3 is 2.10 bits per heavy atom. The Morgan fingerprint density at radius 2 is 1.50 bits per heavy atom. The predicted octanol–water partition coefficient (Wildman–Crippen LogP) is 0.0679. The highest BCUT2D eigenvalue weighted by molar-refractivity contribution is 5.91. The summed E-state index contributed by atoms with van der Waals surface area (Å²) in [5.41, 5.74) is 0.341. The van der Waals surface area contributed by atoms with Gasteiger partial charge in [-0.15, -0.1) is 0 Å². The van der Waals surface area contributed by atoms with Gasteiger partial charge in [-0.25, -0.2) is 0 Å². The third kappa shape index (κ3) is 6.74. The average molecular weight is 677 g/mol. The Morgan fingerprint density at radius 1 is 0.875 bits per heavy atom. The predicted molar refractivity (Wildman–Crippen MR) is 167 cm³/mol. The summed E-state index contributed by atoms with van der Waals surface area (Å²) in [6.45, 7) is 4.40. The van der Waals surface area contributed by atoms with Gasteiger partial charge in [-0.1, -0.05) is 11.6 Å². The molecule has 0 saturated carbocycles. The highest BCUT2D eigenvalue weighted by Gasteiger charge is 2.46. The normalized spacial score (nSPS) is 30.6. The van der Waals surface area contributed by atoms with Crippen molar-refractivity contribution in [3.05, 3.63) is 57.8 Å². The van der Waals surface area contributed by atoms with Crippen molar-refractivity contribution in [2.45, 2.75) is 88.6 Å². The van der Waals surface area contributed by atoms with Crippen LogP contribution in [0.1, 0.15) is 26.3 Å². The Hall–Kier alpha value is -3.77. The van der Waals surface area contributed by atoms with Gasteiger partial charge < -0.3 is 69.0 Å². The van der Waals surface area contributed by atoms with Crippen molar-refractivity contribution < 1.29 is 69.0 Å². The maximum absolute atomic E-state index is 14.3. The summed E-state index contributed by atoms with van der Waals surface area (Å²) in [5.74, 6) is -0.922. The van der Waals surface area contributed by atoms with Crippen LogP contribution in [0.15, 0.2) is 51.2 Å². The molecule has 3 aromatic rings. The molecule has 2 aliphatic heterocycles. The number of allylic oxidation sites excluding steroid dienone is 2. The van der Waals surface area contributed by atoms with Crippen molar-refractivity contribution >= 4 is 11.0 Å². The Balaban J connectivity index is 1.71. The zero-order valence-electron chi connectivity index (χ0n) is 26.6. The molecule has 3 heterocycles. The lowest BCUT2D eigenvalue weighted by atomic mass is 9.99. The van der Waals surface area contributed by atoms with Gasteiger partial charge in [0.1, 0.15) is 70.9 Å². The summed E-state index contributed by atoms with van der Waals surface area (Å²) in [5, 5.41) is 82.9. The van der Waals surface area contributed by atoms with E-state index in [-0.39, 0.29) is 34.5 Å². The molecule has 5 rings (SSSR count). The molecule has 0 bridgehead atoms. The number of phenolic OH excluding ortho intramolecular Hbond substituents is 1. The number of ether oxygens (including phenoxy) is 5. The van der Waals surface area contributed by atoms with Gasteiger partial charge in [-0.3, -0.25) is 4.79 Å². The van der Waals surface area contributed by atoms with Crippen molar-refractivity contribution in [3.63, 3.8) is 0 Å². The third-order valence-corrected chi connectivity index (χ3v) is 8.37. The molecule has 1 aromatic heterocycles. The number of aliphatic hydroxyl groups excluding tert-OH is 7. The molecule has 48 heavy (non-hydrogen) atoms. The smallest absolute Gasteiger partial charge is 0.239 e. The van der Waals surface area contributed by atoms with Crippen LogP contribution in [0.2, 0.25) is 0 Å². The zero-order valence-corrected chi connectivity index (χ0v) is 26.6. The van der Waals surface area contributed by atoms with Crippen LogP contribution in [0.25, 0.3) is 22.3 Å². The first-order valence-corrected chi connectivity index (χ1v) is 15.2. The van der Waals surface area contributed by atoms with E-state index in [1.165, 1.54) is 14.0 Å². The van der Waals surface area contributed by atoms with Crippen LogP contribution in [0.5, 0.6) is 23.0 Å². The average Bonchev–Trinajstić information content (AvgIpc) is 3.06. The Kier molecular flexibility index (Phi) is 10.6. The van der Waals surface area contributed by atoms with Gasteiger partial charge in [-0.2, -0.15) is 0 Å². The minimum Gasteiger partial charge on any atom is -0.507 e. The van der Waals surface area contributed by atoms with Gasteiger partial charge in [0.2, 0.25) is 23.8 Å². The largest absolute Gasteiger partial charge is 0.507 e. The summed E-state index contributed by atoms with van der Waals surface area (Å²) in [4.78, 5) is 14.3. The molecule has 15 nitrogen and oxygen atoms in total. The topological polar surface area (TPSA) is 238 Å². The van der Waals surface area contributed by atoms with Crippen LogP contribution in [0.3, 0.4) is 0 Å². The van der Waals surface area contributed by atoms with Crippen LogP contribution in [0, 0.1) is 0 Å². The van der Waals surface area contributed by atoms with E-state index in [2.05, 4.69) is 0 Å². The van der Waals surface area contributed by atoms with Gasteiger partial charge >= 0.3 is 0 Å². The molecule has 15 heteroatoms. The second kappa shape index (κ2) is 14.4. The van der Waals surface area contributed by atoms with Crippen LogP contribution in [-0.2, 0) is 15.9 Å². The maximum Gasteiger partial charge on any atom is 0.239 e. The molecule has 2 aromatic carbocycles. The summed E-state index contributed by atoms with van der Waals surface area (Å²) in [6.07, 6.45) is -13.7. The van der Waals surface area contributed by atoms with E-state index in [0.717, 1.165) is 11.6 Å². The molecule has 0 unspecified atom stereocenters. The Bertz CT molecular complexity index is 1680. The first-order chi connectivity index (χ1) is 22.8. The SMILES string of the molecule is COc1ccc(-c2oc3c(CC=C(C)C)c(O[C@H]4O[C@H](CO)[C@H](O)[C@H](O)[C@H]4O)cc(O)c3c(=O)c2O[C@H]2O[C@@H](C)[C@H](O)[C@@H](O)[C@H]2O)cc1. The van der Waals surface area contributed by atoms with Gasteiger partial charge in [0.05, 0.1) is 19.8 Å². The number of aliphatic hydroxyl groups is 7. The number of rotatable bonds is 9. The van der Waals surface area contributed by atoms with E-state index in [0.29, 0.717) is 11.3 Å². The Labute approximate surface area is 274 Å². The molecule has 2 saturated heterocycles. The maximum atomic E-state index is 14.3. The van der Waals surface area contributed by atoms with Gasteiger partial charge in [-0.05, 0) is 51.5 Å². The lowest BCUT2D eigenvalue weighted by Crippen LogP contribution is -2.60. The first-order valence-electron chi connectivity index (χ1n) is 15.2. The minimum absolute atomic E-state index is 0.0725. The molecule has 0 radical (unpaired) electrons. The highest BCUT2D eigenvalue weighted by atomic mass is 16.7. The molecule has 0 amide bonds. The molecule has 2 fully saturated rings. The number of benzene rings is 2. The van der Waals surface area contributed by atoms with Gasteiger partial charge in [0.15, 0.2) is 5.76 Å². The quantitative estimate of drug-likeness (QED) is 0.140. The first kappa shape index (κ1) is 35.5. The summed E-state index contributed by atoms with van der Waals surface area (Å²) in [7, 11) is 1.47. The van der Waals surface area contributed by atoms with E-state index in [9.17, 15) is 45.6 Å². The minimum atomic E-state index is -1.77. The van der Waals surface area contributed by atoms with Gasteiger partial charge in [0, 0.05) is 17.2 Å². The molecule has 0 aliphatic carbocycles. The van der Waals surface area contributed by atoms with E-state index in [1.807, 2.05) is 13.8 Å². The highest BCUT2D eigenvalue weighted by Crippen LogP contribution is 2.41. The lowest BCUT2D eigenvalue weighted by molar-refractivity contribution is -0.277. The number of aromatic hydroxyl groups is 1. The second-order valence-corrected chi connectivity index (χ2v) is 12.0. The van der Waals surface area contributed by atoms with Crippen molar-refractivity contribution in [1.82, 2.24) is 0 Å². The summed E-state index contributed by atoms with van der Waals surface area (Å²) < 4.78 is 34.5. The van der Waals surface area contributed by atoms with Crippen molar-refractivity contribution in [2.75, 3.05) is 13.7 Å². The van der Waals surface area contributed by atoms with Crippen LogP contribution in [-0.4, -0.2) is 116 Å². The van der Waals surface area contributed by atoms with E-state index in [1.54, 1.807) is 30.3 Å². The number of fused-ring (bicyclic) bond motifs is 1. The summed E-state index contributed by atoms with van der Waals surface area (Å²) in [6, 6.07) is 7.41. The standard InChI is InChI=1S/C33H40O15/c1-13(2)5-10-17-19(45-33-28(42)26(40)23(37)20(12-34)46-33)11-18(35)21-24(38)31(48-32-27(41)25(39)22(36)14(3)44-32)29(47-30(17)21)15-6-8-16(43-4)9-7-15/h5-9,11,14,20,22-23,25-28,32-37,39-42H,10,12H2,1-4H3/t14-,20+,22-,23-,25+,26-,27+,28+,32+,33-/m0/s1. The summed E-state index contributed by atoms with van der Waals surface area (Å²) >= 11 is 0. The molecule has 8 N–H and O–H groups in total. The van der Waals surface area contributed by atoms with Crippen molar-refractivity contribution in [3.8, 4) is 34.3 Å². The number of phenols is 1. The van der Waals surface area contributed by atoms with E-state index < -0.39 is 84.9 Å².